The Hall–Kier alpha value is -2.22. The lowest BCUT2D eigenvalue weighted by Gasteiger charge is -2.27. The average molecular weight is 289 g/mol. The zero-order valence-electron chi connectivity index (χ0n) is 12.3. The number of imidazole rings is 1. The van der Waals surface area contributed by atoms with E-state index in [1.807, 2.05) is 24.7 Å². The van der Waals surface area contributed by atoms with Gasteiger partial charge in [0.15, 0.2) is 5.82 Å². The van der Waals surface area contributed by atoms with Crippen LogP contribution < -0.4 is 10.2 Å². The van der Waals surface area contributed by atoms with E-state index in [1.165, 1.54) is 0 Å². The van der Waals surface area contributed by atoms with Crippen LogP contribution in [0.15, 0.2) is 12.4 Å². The molecule has 1 fully saturated rings. The molecule has 0 amide bonds. The largest absolute Gasteiger partial charge is 0.378 e. The Morgan fingerprint density at radius 1 is 1.24 bits per heavy atom. The van der Waals surface area contributed by atoms with Crippen LogP contribution in [-0.4, -0.2) is 57.4 Å². The van der Waals surface area contributed by atoms with Gasteiger partial charge in [-0.15, -0.1) is 0 Å². The highest BCUT2D eigenvalue weighted by atomic mass is 16.5. The molecular weight excluding hydrogens is 270 g/mol. The summed E-state index contributed by atoms with van der Waals surface area (Å²) in [6.45, 7) is 5.73. The Morgan fingerprint density at radius 3 is 2.71 bits per heavy atom. The summed E-state index contributed by atoms with van der Waals surface area (Å²) in [6, 6.07) is 0. The molecule has 8 nitrogen and oxygen atoms in total. The smallest absolute Gasteiger partial charge is 0.230 e. The summed E-state index contributed by atoms with van der Waals surface area (Å²) < 4.78 is 7.27. The maximum Gasteiger partial charge on any atom is 0.230 e. The van der Waals surface area contributed by atoms with Gasteiger partial charge in [0.25, 0.3) is 0 Å². The molecule has 112 valence electrons. The Balaban J connectivity index is 1.99. The van der Waals surface area contributed by atoms with Gasteiger partial charge in [0.2, 0.25) is 17.7 Å². The third kappa shape index (κ3) is 2.94. The SMILES string of the molecule is CCNc1nc(-c2nccn2C)nc(N2CCOCC2)n1. The molecule has 2 aromatic heterocycles. The van der Waals surface area contributed by atoms with Gasteiger partial charge < -0.3 is 19.5 Å². The lowest BCUT2D eigenvalue weighted by molar-refractivity contribution is 0.122. The Bertz CT molecular complexity index is 606. The second kappa shape index (κ2) is 6.04. The van der Waals surface area contributed by atoms with Gasteiger partial charge in [-0.05, 0) is 6.92 Å². The van der Waals surface area contributed by atoms with Crippen molar-refractivity contribution in [3.63, 3.8) is 0 Å². The maximum atomic E-state index is 5.38. The van der Waals surface area contributed by atoms with Crippen molar-refractivity contribution in [3.8, 4) is 11.6 Å². The fourth-order valence-electron chi connectivity index (χ4n) is 2.19. The molecule has 3 rings (SSSR count). The van der Waals surface area contributed by atoms with E-state index in [9.17, 15) is 0 Å². The van der Waals surface area contributed by atoms with E-state index >= 15 is 0 Å². The summed E-state index contributed by atoms with van der Waals surface area (Å²) in [5, 5.41) is 3.15. The quantitative estimate of drug-likeness (QED) is 0.879. The van der Waals surface area contributed by atoms with E-state index in [0.29, 0.717) is 30.9 Å². The highest BCUT2D eigenvalue weighted by molar-refractivity contribution is 5.51. The number of ether oxygens (including phenoxy) is 1. The van der Waals surface area contributed by atoms with Crippen molar-refractivity contribution in [1.29, 1.82) is 0 Å². The second-order valence-electron chi connectivity index (χ2n) is 4.77. The van der Waals surface area contributed by atoms with Crippen molar-refractivity contribution in [1.82, 2.24) is 24.5 Å². The minimum atomic E-state index is 0.576. The first-order chi connectivity index (χ1) is 10.3. The van der Waals surface area contributed by atoms with Gasteiger partial charge in [0, 0.05) is 39.1 Å². The van der Waals surface area contributed by atoms with Crippen LogP contribution in [0.3, 0.4) is 0 Å². The van der Waals surface area contributed by atoms with Gasteiger partial charge in [-0.25, -0.2) is 4.98 Å². The molecule has 0 bridgehead atoms. The Labute approximate surface area is 123 Å². The summed E-state index contributed by atoms with van der Waals surface area (Å²) in [5.74, 6) is 2.55. The van der Waals surface area contributed by atoms with Crippen LogP contribution in [0.2, 0.25) is 0 Å². The summed E-state index contributed by atoms with van der Waals surface area (Å²) >= 11 is 0. The number of hydrogen-bond donors (Lipinski definition) is 1. The molecule has 0 atom stereocenters. The number of rotatable bonds is 4. The molecule has 1 aliphatic heterocycles. The van der Waals surface area contributed by atoms with Gasteiger partial charge in [0.1, 0.15) is 0 Å². The van der Waals surface area contributed by atoms with Crippen molar-refractivity contribution in [2.24, 2.45) is 7.05 Å². The number of aromatic nitrogens is 5. The van der Waals surface area contributed by atoms with Crippen LogP contribution in [0.5, 0.6) is 0 Å². The molecule has 1 N–H and O–H groups in total. The predicted octanol–water partition coefficient (Wildman–Crippen LogP) is 0.540. The first-order valence-corrected chi connectivity index (χ1v) is 7.08. The highest BCUT2D eigenvalue weighted by Gasteiger charge is 2.18. The van der Waals surface area contributed by atoms with E-state index in [0.717, 1.165) is 25.5 Å². The number of morpholine rings is 1. The molecular formula is C13H19N7O. The molecule has 21 heavy (non-hydrogen) atoms. The zero-order valence-corrected chi connectivity index (χ0v) is 12.3. The molecule has 0 saturated carbocycles. The fourth-order valence-corrected chi connectivity index (χ4v) is 2.19. The molecule has 1 saturated heterocycles. The van der Waals surface area contributed by atoms with Crippen LogP contribution in [0, 0.1) is 0 Å². The van der Waals surface area contributed by atoms with E-state index in [1.54, 1.807) is 6.20 Å². The number of hydrogen-bond acceptors (Lipinski definition) is 7. The lowest BCUT2D eigenvalue weighted by Crippen LogP contribution is -2.37. The third-order valence-corrected chi connectivity index (χ3v) is 3.27. The van der Waals surface area contributed by atoms with Gasteiger partial charge in [-0.1, -0.05) is 0 Å². The van der Waals surface area contributed by atoms with Crippen molar-refractivity contribution < 1.29 is 4.74 Å². The summed E-state index contributed by atoms with van der Waals surface area (Å²) in [4.78, 5) is 19.9. The third-order valence-electron chi connectivity index (χ3n) is 3.27. The topological polar surface area (TPSA) is 81.0 Å². The number of aryl methyl sites for hydroxylation is 1. The Kier molecular flexibility index (Phi) is 3.96. The highest BCUT2D eigenvalue weighted by Crippen LogP contribution is 2.18. The molecule has 0 aromatic carbocycles. The monoisotopic (exact) mass is 289 g/mol. The van der Waals surface area contributed by atoms with Crippen LogP contribution in [0.1, 0.15) is 6.92 Å². The minimum absolute atomic E-state index is 0.576. The lowest BCUT2D eigenvalue weighted by atomic mass is 10.4. The minimum Gasteiger partial charge on any atom is -0.378 e. The first kappa shape index (κ1) is 13.7. The summed E-state index contributed by atoms with van der Waals surface area (Å²) in [5.41, 5.74) is 0. The molecule has 8 heteroatoms. The van der Waals surface area contributed by atoms with Crippen molar-refractivity contribution >= 4 is 11.9 Å². The van der Waals surface area contributed by atoms with Gasteiger partial charge in [-0.2, -0.15) is 15.0 Å². The van der Waals surface area contributed by atoms with Gasteiger partial charge >= 0.3 is 0 Å². The van der Waals surface area contributed by atoms with Gasteiger partial charge in [0.05, 0.1) is 13.2 Å². The normalized spacial score (nSPS) is 15.2. The molecule has 0 aliphatic carbocycles. The van der Waals surface area contributed by atoms with Crippen molar-refractivity contribution in [2.45, 2.75) is 6.92 Å². The molecule has 0 radical (unpaired) electrons. The number of nitrogens with one attached hydrogen (secondary N) is 1. The van der Waals surface area contributed by atoms with Crippen molar-refractivity contribution in [2.75, 3.05) is 43.1 Å². The standard InChI is InChI=1S/C13H19N7O/c1-3-14-12-16-10(11-15-4-5-19(11)2)17-13(18-12)20-6-8-21-9-7-20/h4-5H,3,6-9H2,1-2H3,(H,14,16,17,18). The predicted molar refractivity (Wildman–Crippen MR) is 79.2 cm³/mol. The molecule has 2 aromatic rings. The van der Waals surface area contributed by atoms with Gasteiger partial charge in [-0.3, -0.25) is 0 Å². The molecule has 1 aliphatic rings. The average Bonchev–Trinajstić information content (AvgIpc) is 2.94. The van der Waals surface area contributed by atoms with E-state index in [2.05, 4.69) is 30.2 Å². The van der Waals surface area contributed by atoms with Crippen LogP contribution >= 0.6 is 0 Å². The van der Waals surface area contributed by atoms with Crippen LogP contribution in [0.25, 0.3) is 11.6 Å². The van der Waals surface area contributed by atoms with Crippen LogP contribution in [0.4, 0.5) is 11.9 Å². The Morgan fingerprint density at radius 2 is 2.05 bits per heavy atom. The van der Waals surface area contributed by atoms with E-state index in [-0.39, 0.29) is 0 Å². The van der Waals surface area contributed by atoms with Crippen molar-refractivity contribution in [3.05, 3.63) is 12.4 Å². The molecule has 3 heterocycles. The number of nitrogens with zero attached hydrogens (tertiary/aromatic N) is 6. The van der Waals surface area contributed by atoms with E-state index in [4.69, 9.17) is 4.74 Å². The first-order valence-electron chi connectivity index (χ1n) is 7.08. The molecule has 0 unspecified atom stereocenters. The summed E-state index contributed by atoms with van der Waals surface area (Å²) in [7, 11) is 1.92. The van der Waals surface area contributed by atoms with E-state index < -0.39 is 0 Å². The maximum absolute atomic E-state index is 5.38. The van der Waals surface area contributed by atoms with Crippen LogP contribution in [-0.2, 0) is 11.8 Å². The number of anilines is 2. The molecule has 0 spiro atoms. The summed E-state index contributed by atoms with van der Waals surface area (Å²) in [6.07, 6.45) is 3.61. The second-order valence-corrected chi connectivity index (χ2v) is 4.77. The zero-order chi connectivity index (χ0) is 14.7. The fraction of sp³-hybridized carbons (Fsp3) is 0.538.